The standard InChI is InChI=1S/C25H21F2N5O4S/c1-11-10-32-19-14(9-25(21(32)12(2)36-11)22(33)28-24(35)29-23(25)34)8-15(16(26)17(19)27)18-20(37-31-30-18)13-6-4-3-5-7-13/h3-8,11-12,21H,9-10H2,1-2H3,(H2,28,29,33,34,35)/t11-,12+,21-/m0/s1. The van der Waals surface area contributed by atoms with Gasteiger partial charge in [-0.2, -0.15) is 0 Å². The smallest absolute Gasteiger partial charge is 0.328 e. The lowest BCUT2D eigenvalue weighted by Crippen LogP contribution is -2.75. The lowest BCUT2D eigenvalue weighted by Gasteiger charge is -2.55. The van der Waals surface area contributed by atoms with E-state index in [0.29, 0.717) is 4.88 Å². The molecule has 0 radical (unpaired) electrons. The highest BCUT2D eigenvalue weighted by Gasteiger charge is 2.63. The highest BCUT2D eigenvalue weighted by Crippen LogP contribution is 2.49. The molecule has 1 aromatic heterocycles. The van der Waals surface area contributed by atoms with E-state index in [1.807, 2.05) is 30.3 Å². The van der Waals surface area contributed by atoms with Gasteiger partial charge in [0.05, 0.1) is 28.8 Å². The first-order valence-corrected chi connectivity index (χ1v) is 12.5. The van der Waals surface area contributed by atoms with Gasteiger partial charge < -0.3 is 9.64 Å². The lowest BCUT2D eigenvalue weighted by atomic mass is 9.66. The minimum Gasteiger partial charge on any atom is -0.372 e. The normalized spacial score (nSPS) is 24.4. The number of hydrogen-bond donors (Lipinski definition) is 2. The Kier molecular flexibility index (Phi) is 5.35. The Balaban J connectivity index is 1.57. The molecular formula is C25H21F2N5O4S. The van der Waals surface area contributed by atoms with Gasteiger partial charge in [0.1, 0.15) is 5.69 Å². The van der Waals surface area contributed by atoms with Crippen molar-refractivity contribution in [1.29, 1.82) is 0 Å². The Labute approximate surface area is 214 Å². The van der Waals surface area contributed by atoms with Gasteiger partial charge in [0.2, 0.25) is 11.8 Å². The monoisotopic (exact) mass is 525 g/mol. The minimum absolute atomic E-state index is 0.0270. The van der Waals surface area contributed by atoms with Gasteiger partial charge in [0, 0.05) is 18.5 Å². The number of rotatable bonds is 2. The van der Waals surface area contributed by atoms with E-state index in [4.69, 9.17) is 4.74 Å². The molecule has 6 rings (SSSR count). The zero-order valence-corrected chi connectivity index (χ0v) is 20.6. The molecule has 2 fully saturated rings. The third kappa shape index (κ3) is 3.39. The molecule has 4 amide bonds. The number of aromatic nitrogens is 2. The van der Waals surface area contributed by atoms with Gasteiger partial charge in [-0.3, -0.25) is 20.2 Å². The quantitative estimate of drug-likeness (QED) is 0.495. The zero-order chi connectivity index (χ0) is 26.1. The van der Waals surface area contributed by atoms with Crippen LogP contribution in [-0.4, -0.2) is 52.2 Å². The van der Waals surface area contributed by atoms with Crippen molar-refractivity contribution in [2.75, 3.05) is 11.4 Å². The molecular weight excluding hydrogens is 504 g/mol. The summed E-state index contributed by atoms with van der Waals surface area (Å²) < 4.78 is 41.6. The Bertz CT molecular complexity index is 1440. The van der Waals surface area contributed by atoms with Crippen LogP contribution in [0, 0.1) is 17.0 Å². The molecule has 2 N–H and O–H groups in total. The number of barbiturate groups is 1. The molecule has 0 unspecified atom stereocenters. The SMILES string of the molecule is C[C@H]1CN2c3c(cc(-c4nnsc4-c4ccccc4)c(F)c3F)CC3(C(=O)NC(=O)NC3=O)[C@@H]2[C@@H](C)O1. The predicted molar refractivity (Wildman–Crippen MR) is 130 cm³/mol. The summed E-state index contributed by atoms with van der Waals surface area (Å²) in [6.45, 7) is 3.56. The van der Waals surface area contributed by atoms with Crippen LogP contribution >= 0.6 is 11.5 Å². The zero-order valence-electron chi connectivity index (χ0n) is 19.7. The number of nitrogens with zero attached hydrogens (tertiary/aromatic N) is 3. The fourth-order valence-corrected chi connectivity index (χ4v) is 6.54. The molecule has 3 aliphatic rings. The van der Waals surface area contributed by atoms with Crippen molar-refractivity contribution in [2.24, 2.45) is 5.41 Å². The van der Waals surface area contributed by atoms with Gasteiger partial charge in [-0.15, -0.1) is 5.10 Å². The van der Waals surface area contributed by atoms with Crippen molar-refractivity contribution in [3.8, 4) is 21.7 Å². The second kappa shape index (κ2) is 8.38. The second-order valence-electron chi connectivity index (χ2n) is 9.51. The first kappa shape index (κ1) is 23.6. The third-order valence-electron chi connectivity index (χ3n) is 7.25. The molecule has 4 heterocycles. The number of imide groups is 2. The highest BCUT2D eigenvalue weighted by atomic mass is 32.1. The van der Waals surface area contributed by atoms with Gasteiger partial charge >= 0.3 is 6.03 Å². The number of carbonyl (C=O) groups is 3. The van der Waals surface area contributed by atoms with Crippen molar-refractivity contribution >= 4 is 35.1 Å². The maximum Gasteiger partial charge on any atom is 0.328 e. The summed E-state index contributed by atoms with van der Waals surface area (Å²) in [6.07, 6.45) is -1.35. The van der Waals surface area contributed by atoms with Gasteiger partial charge in [-0.05, 0) is 42.6 Å². The van der Waals surface area contributed by atoms with E-state index in [-0.39, 0.29) is 41.6 Å². The number of fused-ring (bicyclic) bond motifs is 4. The first-order chi connectivity index (χ1) is 17.7. The van der Waals surface area contributed by atoms with Crippen LogP contribution in [0.15, 0.2) is 36.4 Å². The largest absolute Gasteiger partial charge is 0.372 e. The number of urea groups is 1. The first-order valence-electron chi connectivity index (χ1n) is 11.7. The number of ether oxygens (including phenoxy) is 1. The van der Waals surface area contributed by atoms with Crippen LogP contribution < -0.4 is 15.5 Å². The Morgan fingerprint density at radius 2 is 1.78 bits per heavy atom. The summed E-state index contributed by atoms with van der Waals surface area (Å²) in [5, 5.41) is 8.46. The summed E-state index contributed by atoms with van der Waals surface area (Å²) in [4.78, 5) is 40.6. The maximum absolute atomic E-state index is 15.9. The molecule has 2 aromatic carbocycles. The van der Waals surface area contributed by atoms with Crippen molar-refractivity contribution in [2.45, 2.75) is 38.5 Å². The molecule has 190 valence electrons. The van der Waals surface area contributed by atoms with Gasteiger partial charge in [-0.25, -0.2) is 13.6 Å². The topological polar surface area (TPSA) is 114 Å². The summed E-state index contributed by atoms with van der Waals surface area (Å²) in [6, 6.07) is 8.62. The van der Waals surface area contributed by atoms with Gasteiger partial charge in [0.15, 0.2) is 17.0 Å². The molecule has 0 aliphatic carbocycles. The number of carbonyl (C=O) groups excluding carboxylic acids is 3. The number of halogens is 2. The molecule has 3 atom stereocenters. The number of benzene rings is 2. The maximum atomic E-state index is 15.9. The predicted octanol–water partition coefficient (Wildman–Crippen LogP) is 3.04. The van der Waals surface area contributed by atoms with Crippen molar-refractivity contribution < 1.29 is 27.9 Å². The number of amides is 4. The number of nitrogens with one attached hydrogen (secondary N) is 2. The molecule has 9 nitrogen and oxygen atoms in total. The van der Waals surface area contributed by atoms with E-state index in [2.05, 4.69) is 20.2 Å². The molecule has 0 saturated carbocycles. The van der Waals surface area contributed by atoms with Crippen LogP contribution in [0.4, 0.5) is 19.3 Å². The molecule has 3 aliphatic heterocycles. The average molecular weight is 526 g/mol. The van der Waals surface area contributed by atoms with E-state index >= 15 is 8.78 Å². The molecule has 2 saturated heterocycles. The van der Waals surface area contributed by atoms with Crippen LogP contribution in [0.3, 0.4) is 0 Å². The van der Waals surface area contributed by atoms with Crippen molar-refractivity contribution in [1.82, 2.24) is 20.2 Å². The van der Waals surface area contributed by atoms with Crippen LogP contribution in [0.1, 0.15) is 19.4 Å². The summed E-state index contributed by atoms with van der Waals surface area (Å²) >= 11 is 1.05. The average Bonchev–Trinajstić information content (AvgIpc) is 3.34. The molecule has 0 bridgehead atoms. The number of morpholine rings is 1. The van der Waals surface area contributed by atoms with E-state index in [1.165, 1.54) is 11.0 Å². The van der Waals surface area contributed by atoms with Gasteiger partial charge in [-0.1, -0.05) is 34.8 Å². The molecule has 3 aromatic rings. The molecule has 37 heavy (non-hydrogen) atoms. The fraction of sp³-hybridized carbons (Fsp3) is 0.320. The summed E-state index contributed by atoms with van der Waals surface area (Å²) in [5.41, 5.74) is -0.812. The minimum atomic E-state index is -1.80. The Morgan fingerprint density at radius 1 is 1.08 bits per heavy atom. The van der Waals surface area contributed by atoms with Crippen LogP contribution in [0.2, 0.25) is 0 Å². The van der Waals surface area contributed by atoms with Crippen LogP contribution in [0.25, 0.3) is 21.7 Å². The van der Waals surface area contributed by atoms with Crippen LogP contribution in [0.5, 0.6) is 0 Å². The third-order valence-corrected chi connectivity index (χ3v) is 8.02. The molecule has 12 heteroatoms. The number of anilines is 1. The highest BCUT2D eigenvalue weighted by molar-refractivity contribution is 7.09. The van der Waals surface area contributed by atoms with E-state index in [9.17, 15) is 14.4 Å². The van der Waals surface area contributed by atoms with Crippen molar-refractivity contribution in [3.05, 3.63) is 53.6 Å². The van der Waals surface area contributed by atoms with E-state index in [0.717, 1.165) is 17.1 Å². The van der Waals surface area contributed by atoms with Crippen LogP contribution in [-0.2, 0) is 20.7 Å². The molecule has 1 spiro atoms. The number of hydrogen-bond acceptors (Lipinski definition) is 8. The van der Waals surface area contributed by atoms with Gasteiger partial charge in [0.25, 0.3) is 0 Å². The summed E-state index contributed by atoms with van der Waals surface area (Å²) in [5.74, 6) is -3.82. The van der Waals surface area contributed by atoms with Crippen molar-refractivity contribution in [3.63, 3.8) is 0 Å². The second-order valence-corrected chi connectivity index (χ2v) is 10.3. The van der Waals surface area contributed by atoms with E-state index < -0.39 is 47.0 Å². The Morgan fingerprint density at radius 3 is 2.49 bits per heavy atom. The Hall–Kier alpha value is -3.77. The van der Waals surface area contributed by atoms with E-state index in [1.54, 1.807) is 13.8 Å². The lowest BCUT2D eigenvalue weighted by molar-refractivity contribution is -0.153. The fourth-order valence-electron chi connectivity index (χ4n) is 5.86. The summed E-state index contributed by atoms with van der Waals surface area (Å²) in [7, 11) is 0.